The van der Waals surface area contributed by atoms with Crippen LogP contribution in [-0.2, 0) is 0 Å². The lowest BCUT2D eigenvalue weighted by atomic mass is 9.92. The van der Waals surface area contributed by atoms with E-state index in [0.717, 1.165) is 41.2 Å². The highest BCUT2D eigenvalue weighted by atomic mass is 19.1. The fourth-order valence-corrected chi connectivity index (χ4v) is 4.05. The minimum absolute atomic E-state index is 0.0754. The number of likely N-dealkylation sites (tertiary alicyclic amines) is 1. The van der Waals surface area contributed by atoms with E-state index in [4.69, 9.17) is 4.98 Å². The molecule has 1 aliphatic rings. The molecule has 4 aromatic rings. The number of fused-ring (bicyclic) bond motifs is 1. The van der Waals surface area contributed by atoms with Crippen molar-refractivity contribution in [1.82, 2.24) is 24.8 Å². The van der Waals surface area contributed by atoms with Crippen molar-refractivity contribution < 1.29 is 9.18 Å². The lowest BCUT2D eigenvalue weighted by Crippen LogP contribution is -2.38. The first kappa shape index (κ1) is 19.2. The van der Waals surface area contributed by atoms with Crippen LogP contribution in [0.15, 0.2) is 67.4 Å². The Kier molecular flexibility index (Phi) is 5.08. The highest BCUT2D eigenvalue weighted by molar-refractivity contribution is 5.94. The number of carbonyl (C=O) groups is 1. The summed E-state index contributed by atoms with van der Waals surface area (Å²) >= 11 is 0. The number of nitrogens with zero attached hydrogens (tertiary/aromatic N) is 5. The van der Waals surface area contributed by atoms with Gasteiger partial charge in [0.25, 0.3) is 5.91 Å². The zero-order chi connectivity index (χ0) is 21.2. The Bertz CT molecular complexity index is 1240. The number of hydrogen-bond acceptors (Lipinski definition) is 5. The molecule has 0 spiro atoms. The summed E-state index contributed by atoms with van der Waals surface area (Å²) in [4.78, 5) is 31.4. The third kappa shape index (κ3) is 3.86. The Morgan fingerprint density at radius 2 is 1.71 bits per heavy atom. The van der Waals surface area contributed by atoms with E-state index < -0.39 is 5.82 Å². The summed E-state index contributed by atoms with van der Waals surface area (Å²) in [5.41, 5.74) is 3.87. The number of hydrogen-bond donors (Lipinski definition) is 0. The molecule has 5 heterocycles. The van der Waals surface area contributed by atoms with Gasteiger partial charge in [0, 0.05) is 60.4 Å². The van der Waals surface area contributed by atoms with Crippen LogP contribution in [0.1, 0.15) is 34.8 Å². The number of amides is 1. The monoisotopic (exact) mass is 413 g/mol. The third-order valence-corrected chi connectivity index (χ3v) is 5.78. The number of piperidine rings is 1. The molecule has 0 aliphatic carbocycles. The molecule has 7 heteroatoms. The normalized spacial score (nSPS) is 14.7. The van der Waals surface area contributed by atoms with Crippen molar-refractivity contribution in [1.29, 1.82) is 0 Å². The van der Waals surface area contributed by atoms with Crippen LogP contribution in [0.2, 0.25) is 0 Å². The minimum atomic E-state index is -0.581. The van der Waals surface area contributed by atoms with Crippen LogP contribution in [0.5, 0.6) is 0 Å². The zero-order valence-corrected chi connectivity index (χ0v) is 16.8. The van der Waals surface area contributed by atoms with Gasteiger partial charge in [0.05, 0.1) is 11.8 Å². The predicted molar refractivity (Wildman–Crippen MR) is 115 cm³/mol. The topological polar surface area (TPSA) is 71.9 Å². The Morgan fingerprint density at radius 1 is 0.935 bits per heavy atom. The van der Waals surface area contributed by atoms with Crippen LogP contribution in [0.25, 0.3) is 22.2 Å². The molecule has 154 valence electrons. The van der Waals surface area contributed by atoms with E-state index in [-0.39, 0.29) is 17.4 Å². The standard InChI is InChI=1S/C24H20FN5O/c25-21-15-27-10-5-20(21)24(31)30-11-6-17(7-12-30)22-2-1-18-13-19(14-28-23(18)29-22)16-3-8-26-9-4-16/h1-5,8-10,13-15,17H,6-7,11-12H2. The van der Waals surface area contributed by atoms with Crippen LogP contribution < -0.4 is 0 Å². The second kappa shape index (κ2) is 8.18. The fraction of sp³-hybridized carbons (Fsp3) is 0.208. The SMILES string of the molecule is O=C(c1ccncc1F)N1CCC(c2ccc3cc(-c4ccncc4)cnc3n2)CC1. The molecule has 1 fully saturated rings. The van der Waals surface area contributed by atoms with Gasteiger partial charge in [-0.1, -0.05) is 0 Å². The van der Waals surface area contributed by atoms with Crippen molar-refractivity contribution in [3.8, 4) is 11.1 Å². The number of carbonyl (C=O) groups excluding carboxylic acids is 1. The average molecular weight is 413 g/mol. The van der Waals surface area contributed by atoms with E-state index in [1.54, 1.807) is 17.3 Å². The van der Waals surface area contributed by atoms with Gasteiger partial charge in [-0.25, -0.2) is 14.4 Å². The van der Waals surface area contributed by atoms with Gasteiger partial charge in [-0.2, -0.15) is 0 Å². The minimum Gasteiger partial charge on any atom is -0.339 e. The van der Waals surface area contributed by atoms with Gasteiger partial charge >= 0.3 is 0 Å². The summed E-state index contributed by atoms with van der Waals surface area (Å²) in [6.07, 6.45) is 9.44. The average Bonchev–Trinajstić information content (AvgIpc) is 2.84. The van der Waals surface area contributed by atoms with Gasteiger partial charge in [-0.3, -0.25) is 14.8 Å². The van der Waals surface area contributed by atoms with Crippen molar-refractivity contribution in [2.75, 3.05) is 13.1 Å². The Balaban J connectivity index is 1.30. The van der Waals surface area contributed by atoms with Crippen LogP contribution in [0.4, 0.5) is 4.39 Å². The van der Waals surface area contributed by atoms with E-state index >= 15 is 0 Å². The molecule has 0 N–H and O–H groups in total. The van der Waals surface area contributed by atoms with Gasteiger partial charge in [-0.05, 0) is 54.8 Å². The van der Waals surface area contributed by atoms with Gasteiger partial charge < -0.3 is 4.90 Å². The molecule has 0 atom stereocenters. The fourth-order valence-electron chi connectivity index (χ4n) is 4.05. The molecule has 1 aliphatic heterocycles. The van der Waals surface area contributed by atoms with Crippen molar-refractivity contribution in [2.24, 2.45) is 0 Å². The summed E-state index contributed by atoms with van der Waals surface area (Å²) in [5, 5.41) is 0.985. The molecule has 1 amide bonds. The van der Waals surface area contributed by atoms with Gasteiger partial charge in [-0.15, -0.1) is 0 Å². The summed E-state index contributed by atoms with van der Waals surface area (Å²) in [5.74, 6) is -0.615. The first-order valence-electron chi connectivity index (χ1n) is 10.2. The first-order valence-corrected chi connectivity index (χ1v) is 10.2. The van der Waals surface area contributed by atoms with E-state index in [2.05, 4.69) is 27.1 Å². The second-order valence-corrected chi connectivity index (χ2v) is 7.66. The molecule has 6 nitrogen and oxygen atoms in total. The number of halogens is 1. The predicted octanol–water partition coefficient (Wildman–Crippen LogP) is 4.25. The molecule has 31 heavy (non-hydrogen) atoms. The lowest BCUT2D eigenvalue weighted by molar-refractivity contribution is 0.0707. The molecule has 1 saturated heterocycles. The van der Waals surface area contributed by atoms with Crippen molar-refractivity contribution >= 4 is 16.9 Å². The quantitative estimate of drug-likeness (QED) is 0.502. The number of pyridine rings is 4. The van der Waals surface area contributed by atoms with Gasteiger partial charge in [0.1, 0.15) is 0 Å². The van der Waals surface area contributed by atoms with Crippen molar-refractivity contribution in [3.63, 3.8) is 0 Å². The molecule has 5 rings (SSSR count). The van der Waals surface area contributed by atoms with Gasteiger partial charge in [0.2, 0.25) is 0 Å². The summed E-state index contributed by atoms with van der Waals surface area (Å²) in [7, 11) is 0. The highest BCUT2D eigenvalue weighted by Gasteiger charge is 2.26. The molecule has 0 bridgehead atoms. The van der Waals surface area contributed by atoms with Crippen LogP contribution in [0, 0.1) is 5.82 Å². The maximum absolute atomic E-state index is 13.9. The lowest BCUT2D eigenvalue weighted by Gasteiger charge is -2.32. The molecule has 4 aromatic heterocycles. The second-order valence-electron chi connectivity index (χ2n) is 7.66. The zero-order valence-electron chi connectivity index (χ0n) is 16.8. The van der Waals surface area contributed by atoms with Crippen molar-refractivity contribution in [2.45, 2.75) is 18.8 Å². The molecular weight excluding hydrogens is 393 g/mol. The number of aromatic nitrogens is 4. The smallest absolute Gasteiger partial charge is 0.256 e. The van der Waals surface area contributed by atoms with E-state index in [9.17, 15) is 9.18 Å². The first-order chi connectivity index (χ1) is 15.2. The molecule has 0 saturated carbocycles. The number of rotatable bonds is 3. The highest BCUT2D eigenvalue weighted by Crippen LogP contribution is 2.29. The Morgan fingerprint density at radius 3 is 2.48 bits per heavy atom. The van der Waals surface area contributed by atoms with E-state index in [0.29, 0.717) is 18.7 Å². The Labute approximate surface area is 178 Å². The van der Waals surface area contributed by atoms with E-state index in [1.807, 2.05) is 24.4 Å². The summed E-state index contributed by atoms with van der Waals surface area (Å²) in [6.45, 7) is 1.14. The maximum Gasteiger partial charge on any atom is 0.256 e. The molecule has 0 radical (unpaired) electrons. The van der Waals surface area contributed by atoms with Crippen LogP contribution >= 0.6 is 0 Å². The largest absolute Gasteiger partial charge is 0.339 e. The summed E-state index contributed by atoms with van der Waals surface area (Å²) < 4.78 is 13.9. The maximum atomic E-state index is 13.9. The van der Waals surface area contributed by atoms with Gasteiger partial charge in [0.15, 0.2) is 11.5 Å². The molecule has 0 unspecified atom stereocenters. The Hall–Kier alpha value is -3.74. The molecular formula is C24H20FN5O. The third-order valence-electron chi connectivity index (χ3n) is 5.78. The van der Waals surface area contributed by atoms with Crippen LogP contribution in [-0.4, -0.2) is 43.8 Å². The van der Waals surface area contributed by atoms with Crippen LogP contribution in [0.3, 0.4) is 0 Å². The summed E-state index contributed by atoms with van der Waals surface area (Å²) in [6, 6.07) is 11.5. The molecule has 0 aromatic carbocycles. The van der Waals surface area contributed by atoms with Crippen molar-refractivity contribution in [3.05, 3.63) is 84.5 Å². The van der Waals surface area contributed by atoms with E-state index in [1.165, 1.54) is 12.3 Å².